The van der Waals surface area contributed by atoms with Gasteiger partial charge >= 0.3 is 0 Å². The molecule has 22 heavy (non-hydrogen) atoms. The van der Waals surface area contributed by atoms with Crippen molar-refractivity contribution in [2.75, 3.05) is 18.9 Å². The Balaban J connectivity index is 1.77. The molecule has 0 spiro atoms. The molecule has 3 nitrogen and oxygen atoms in total. The molecule has 0 aliphatic carbocycles. The van der Waals surface area contributed by atoms with Gasteiger partial charge in [-0.25, -0.2) is 0 Å². The van der Waals surface area contributed by atoms with E-state index in [2.05, 4.69) is 18.3 Å². The first-order valence-corrected chi connectivity index (χ1v) is 8.03. The van der Waals surface area contributed by atoms with Crippen LogP contribution in [0.15, 0.2) is 42.5 Å². The minimum Gasteiger partial charge on any atom is -0.491 e. The van der Waals surface area contributed by atoms with E-state index < -0.39 is 0 Å². The van der Waals surface area contributed by atoms with Crippen molar-refractivity contribution in [3.8, 4) is 5.75 Å². The highest BCUT2D eigenvalue weighted by molar-refractivity contribution is 6.30. The molecule has 0 fully saturated rings. The lowest BCUT2D eigenvalue weighted by Gasteiger charge is -2.10. The second-order valence-electron chi connectivity index (χ2n) is 5.27. The van der Waals surface area contributed by atoms with Crippen molar-refractivity contribution in [1.82, 2.24) is 5.32 Å². The van der Waals surface area contributed by atoms with Gasteiger partial charge in [0.15, 0.2) is 0 Å². The molecule has 0 saturated carbocycles. The maximum Gasteiger partial charge on any atom is 0.142 e. The molecule has 2 aromatic rings. The first-order valence-electron chi connectivity index (χ1n) is 7.65. The highest BCUT2D eigenvalue weighted by Crippen LogP contribution is 2.22. The van der Waals surface area contributed by atoms with Crippen LogP contribution >= 0.6 is 11.6 Å². The molecule has 0 radical (unpaired) electrons. The molecule has 0 saturated heterocycles. The first kappa shape index (κ1) is 16.7. The highest BCUT2D eigenvalue weighted by Gasteiger charge is 2.02. The van der Waals surface area contributed by atoms with Crippen molar-refractivity contribution in [3.05, 3.63) is 58.6 Å². The van der Waals surface area contributed by atoms with Crippen molar-refractivity contribution in [3.63, 3.8) is 0 Å². The van der Waals surface area contributed by atoms with Gasteiger partial charge in [0.2, 0.25) is 0 Å². The molecule has 0 atom stereocenters. The molecule has 0 heterocycles. The maximum atomic E-state index is 6.01. The number of hydrogen-bond donors (Lipinski definition) is 2. The topological polar surface area (TPSA) is 47.3 Å². The van der Waals surface area contributed by atoms with Gasteiger partial charge in [-0.15, -0.1) is 0 Å². The second kappa shape index (κ2) is 8.66. The van der Waals surface area contributed by atoms with Crippen LogP contribution in [0.4, 0.5) is 5.69 Å². The maximum absolute atomic E-state index is 6.01. The number of benzene rings is 2. The quantitative estimate of drug-likeness (QED) is 0.570. The van der Waals surface area contributed by atoms with E-state index in [9.17, 15) is 0 Å². The Morgan fingerprint density at radius 3 is 2.50 bits per heavy atom. The molecule has 0 amide bonds. The summed E-state index contributed by atoms with van der Waals surface area (Å²) in [7, 11) is 0. The van der Waals surface area contributed by atoms with Crippen LogP contribution in [0.3, 0.4) is 0 Å². The van der Waals surface area contributed by atoms with Crippen LogP contribution in [0.1, 0.15) is 24.5 Å². The summed E-state index contributed by atoms with van der Waals surface area (Å²) in [6.07, 6.45) is 1.92. The third-order valence-corrected chi connectivity index (χ3v) is 3.62. The van der Waals surface area contributed by atoms with Gasteiger partial charge in [0.1, 0.15) is 5.75 Å². The van der Waals surface area contributed by atoms with E-state index in [4.69, 9.17) is 22.1 Å². The predicted molar refractivity (Wildman–Crippen MR) is 93.5 cm³/mol. The molecule has 2 aromatic carbocycles. The highest BCUT2D eigenvalue weighted by atomic mass is 35.5. The van der Waals surface area contributed by atoms with Crippen molar-refractivity contribution in [1.29, 1.82) is 0 Å². The summed E-state index contributed by atoms with van der Waals surface area (Å²) in [5.41, 5.74) is 9.17. The zero-order valence-electron chi connectivity index (χ0n) is 12.9. The van der Waals surface area contributed by atoms with E-state index in [0.29, 0.717) is 12.3 Å². The van der Waals surface area contributed by atoms with Crippen molar-refractivity contribution >= 4 is 17.3 Å². The van der Waals surface area contributed by atoms with E-state index >= 15 is 0 Å². The van der Waals surface area contributed by atoms with Gasteiger partial charge < -0.3 is 15.8 Å². The van der Waals surface area contributed by atoms with Gasteiger partial charge in [-0.3, -0.25) is 0 Å². The molecule has 4 heteroatoms. The number of nitrogens with one attached hydrogen (secondary N) is 1. The number of rotatable bonds is 8. The number of halogens is 1. The van der Waals surface area contributed by atoms with Crippen LogP contribution in [0.25, 0.3) is 0 Å². The number of hydrogen-bond acceptors (Lipinski definition) is 3. The first-order chi connectivity index (χ1) is 10.7. The van der Waals surface area contributed by atoms with E-state index in [1.165, 1.54) is 11.1 Å². The fourth-order valence-electron chi connectivity index (χ4n) is 2.16. The zero-order chi connectivity index (χ0) is 15.8. The fourth-order valence-corrected chi connectivity index (χ4v) is 2.29. The normalized spacial score (nSPS) is 10.6. The van der Waals surface area contributed by atoms with E-state index in [1.54, 1.807) is 0 Å². The van der Waals surface area contributed by atoms with Gasteiger partial charge in [0, 0.05) is 11.6 Å². The van der Waals surface area contributed by atoms with Gasteiger partial charge in [0.25, 0.3) is 0 Å². The van der Waals surface area contributed by atoms with Crippen LogP contribution in [0, 0.1) is 0 Å². The van der Waals surface area contributed by atoms with E-state index in [0.717, 1.165) is 36.7 Å². The Labute approximate surface area is 137 Å². The summed E-state index contributed by atoms with van der Waals surface area (Å²) in [6.45, 7) is 4.52. The minimum atomic E-state index is 0.701. The molecule has 0 aliphatic heterocycles. The lowest BCUT2D eigenvalue weighted by molar-refractivity contribution is 0.319. The van der Waals surface area contributed by atoms with Crippen LogP contribution in [-0.4, -0.2) is 13.2 Å². The van der Waals surface area contributed by atoms with Crippen LogP contribution in [0.5, 0.6) is 5.75 Å². The average Bonchev–Trinajstić information content (AvgIpc) is 2.52. The SMILES string of the molecule is CCCOc1ccc(CCNCc2ccc(Cl)cc2)cc1N. The van der Waals surface area contributed by atoms with Gasteiger partial charge in [-0.05, 0) is 54.8 Å². The monoisotopic (exact) mass is 318 g/mol. The number of anilines is 1. The summed E-state index contributed by atoms with van der Waals surface area (Å²) in [5.74, 6) is 0.778. The second-order valence-corrected chi connectivity index (χ2v) is 5.71. The van der Waals surface area contributed by atoms with Gasteiger partial charge in [0.05, 0.1) is 12.3 Å². The molecule has 2 rings (SSSR count). The minimum absolute atomic E-state index is 0.701. The Kier molecular flexibility index (Phi) is 6.56. The summed E-state index contributed by atoms with van der Waals surface area (Å²) >= 11 is 5.87. The number of nitrogen functional groups attached to an aromatic ring is 1. The molecule has 0 unspecified atom stereocenters. The lowest BCUT2D eigenvalue weighted by atomic mass is 10.1. The zero-order valence-corrected chi connectivity index (χ0v) is 13.7. The standard InChI is InChI=1S/C18H23ClN2O/c1-2-11-22-18-8-5-14(12-17(18)20)9-10-21-13-15-3-6-16(19)7-4-15/h3-8,12,21H,2,9-11,13,20H2,1H3. The molecule has 118 valence electrons. The van der Waals surface area contributed by atoms with E-state index in [1.807, 2.05) is 36.4 Å². The van der Waals surface area contributed by atoms with Crippen molar-refractivity contribution in [2.45, 2.75) is 26.3 Å². The van der Waals surface area contributed by atoms with Crippen LogP contribution in [-0.2, 0) is 13.0 Å². The molecule has 0 bridgehead atoms. The molecular formula is C18H23ClN2O. The molecule has 0 aromatic heterocycles. The average molecular weight is 319 g/mol. The fraction of sp³-hybridized carbons (Fsp3) is 0.333. The van der Waals surface area contributed by atoms with Crippen molar-refractivity contribution in [2.24, 2.45) is 0 Å². The third-order valence-electron chi connectivity index (χ3n) is 3.37. The molecule has 3 N–H and O–H groups in total. The Hall–Kier alpha value is -1.71. The molecule has 0 aliphatic rings. The summed E-state index contributed by atoms with van der Waals surface area (Å²) in [4.78, 5) is 0. The van der Waals surface area contributed by atoms with Gasteiger partial charge in [-0.1, -0.05) is 36.7 Å². The lowest BCUT2D eigenvalue weighted by Crippen LogP contribution is -2.16. The summed E-state index contributed by atoms with van der Waals surface area (Å²) in [5, 5.41) is 4.19. The Bertz CT molecular complexity index is 584. The van der Waals surface area contributed by atoms with Crippen LogP contribution in [0.2, 0.25) is 5.02 Å². The van der Waals surface area contributed by atoms with Crippen LogP contribution < -0.4 is 15.8 Å². The van der Waals surface area contributed by atoms with Gasteiger partial charge in [-0.2, -0.15) is 0 Å². The summed E-state index contributed by atoms with van der Waals surface area (Å²) in [6, 6.07) is 13.9. The number of nitrogens with two attached hydrogens (primary N) is 1. The Morgan fingerprint density at radius 2 is 1.82 bits per heavy atom. The van der Waals surface area contributed by atoms with E-state index in [-0.39, 0.29) is 0 Å². The van der Waals surface area contributed by atoms with Crippen molar-refractivity contribution < 1.29 is 4.74 Å². The largest absolute Gasteiger partial charge is 0.491 e. The smallest absolute Gasteiger partial charge is 0.142 e. The molecular weight excluding hydrogens is 296 g/mol. The number of ether oxygens (including phenoxy) is 1. The third kappa shape index (κ3) is 5.24. The predicted octanol–water partition coefficient (Wildman–Crippen LogP) is 4.04. The summed E-state index contributed by atoms with van der Waals surface area (Å²) < 4.78 is 5.58. The Morgan fingerprint density at radius 1 is 1.09 bits per heavy atom.